The summed E-state index contributed by atoms with van der Waals surface area (Å²) in [6.45, 7) is 2.70. The maximum atomic E-state index is 4.40. The van der Waals surface area contributed by atoms with Gasteiger partial charge in [0.1, 0.15) is 5.82 Å². The normalized spacial score (nSPS) is 10.3. The molecule has 0 radical (unpaired) electrons. The molecule has 0 spiro atoms. The van der Waals surface area contributed by atoms with Gasteiger partial charge in [-0.05, 0) is 19.1 Å². The van der Waals surface area contributed by atoms with E-state index < -0.39 is 0 Å². The highest BCUT2D eigenvalue weighted by Crippen LogP contribution is 2.04. The number of aromatic nitrogens is 3. The Morgan fingerprint density at radius 2 is 2.20 bits per heavy atom. The summed E-state index contributed by atoms with van der Waals surface area (Å²) < 4.78 is 1.77. The topological polar surface area (TPSA) is 42.7 Å². The van der Waals surface area contributed by atoms with Gasteiger partial charge < -0.3 is 5.32 Å². The van der Waals surface area contributed by atoms with Crippen LogP contribution in [0.4, 0.5) is 5.82 Å². The van der Waals surface area contributed by atoms with Gasteiger partial charge in [-0.15, -0.1) is 0 Å². The molecule has 78 valence electrons. The van der Waals surface area contributed by atoms with Gasteiger partial charge in [0, 0.05) is 25.0 Å². The highest BCUT2D eigenvalue weighted by Gasteiger charge is 1.97. The van der Waals surface area contributed by atoms with E-state index in [1.165, 1.54) is 0 Å². The molecule has 0 saturated heterocycles. The number of rotatable bonds is 3. The van der Waals surface area contributed by atoms with Crippen molar-refractivity contribution in [3.63, 3.8) is 0 Å². The first-order valence-corrected chi connectivity index (χ1v) is 4.90. The quantitative estimate of drug-likeness (QED) is 0.824. The van der Waals surface area contributed by atoms with Gasteiger partial charge in [-0.3, -0.25) is 9.67 Å². The molecule has 0 aliphatic rings. The smallest absolute Gasteiger partial charge is 0.148 e. The van der Waals surface area contributed by atoms with Crippen LogP contribution in [-0.4, -0.2) is 14.8 Å². The van der Waals surface area contributed by atoms with Crippen molar-refractivity contribution in [2.75, 3.05) is 5.32 Å². The van der Waals surface area contributed by atoms with Crippen molar-refractivity contribution in [1.29, 1.82) is 0 Å². The first-order valence-electron chi connectivity index (χ1n) is 4.90. The lowest BCUT2D eigenvalue weighted by Gasteiger charge is -2.02. The predicted octanol–water partition coefficient (Wildman–Crippen LogP) is 1.74. The monoisotopic (exact) mass is 202 g/mol. The van der Waals surface area contributed by atoms with E-state index in [0.717, 1.165) is 17.2 Å². The van der Waals surface area contributed by atoms with Crippen LogP contribution in [0.2, 0.25) is 0 Å². The van der Waals surface area contributed by atoms with Gasteiger partial charge in [-0.2, -0.15) is 5.10 Å². The lowest BCUT2D eigenvalue weighted by molar-refractivity contribution is 0.767. The Kier molecular flexibility index (Phi) is 2.67. The lowest BCUT2D eigenvalue weighted by Crippen LogP contribution is -2.03. The first kappa shape index (κ1) is 9.71. The fourth-order valence-electron chi connectivity index (χ4n) is 1.39. The Hall–Kier alpha value is -1.84. The van der Waals surface area contributed by atoms with Crippen LogP contribution in [0, 0.1) is 6.92 Å². The van der Waals surface area contributed by atoms with Crippen molar-refractivity contribution in [1.82, 2.24) is 14.8 Å². The Bertz CT molecular complexity index is 447. The second-order valence-corrected chi connectivity index (χ2v) is 3.50. The van der Waals surface area contributed by atoms with Gasteiger partial charge in [0.05, 0.1) is 12.2 Å². The van der Waals surface area contributed by atoms with E-state index >= 15 is 0 Å². The van der Waals surface area contributed by atoms with Gasteiger partial charge in [0.25, 0.3) is 0 Å². The SMILES string of the molecule is Cc1cccc(CNc2ccn(C)n2)n1. The van der Waals surface area contributed by atoms with Crippen LogP contribution in [-0.2, 0) is 13.6 Å². The molecule has 0 aliphatic carbocycles. The van der Waals surface area contributed by atoms with E-state index in [1.54, 1.807) is 4.68 Å². The number of pyridine rings is 1. The van der Waals surface area contributed by atoms with E-state index in [1.807, 2.05) is 44.4 Å². The Morgan fingerprint density at radius 1 is 1.33 bits per heavy atom. The minimum Gasteiger partial charge on any atom is -0.363 e. The van der Waals surface area contributed by atoms with Crippen LogP contribution in [0.1, 0.15) is 11.4 Å². The van der Waals surface area contributed by atoms with Crippen LogP contribution in [0.15, 0.2) is 30.5 Å². The zero-order valence-corrected chi connectivity index (χ0v) is 8.94. The van der Waals surface area contributed by atoms with Gasteiger partial charge in [-0.25, -0.2) is 0 Å². The van der Waals surface area contributed by atoms with Crippen molar-refractivity contribution in [3.05, 3.63) is 41.9 Å². The number of nitrogens with zero attached hydrogens (tertiary/aromatic N) is 3. The number of aryl methyl sites for hydroxylation is 2. The van der Waals surface area contributed by atoms with Crippen LogP contribution in [0.25, 0.3) is 0 Å². The van der Waals surface area contributed by atoms with Crippen LogP contribution in [0.3, 0.4) is 0 Å². The number of nitrogens with one attached hydrogen (secondary N) is 1. The molecule has 4 heteroatoms. The number of hydrogen-bond acceptors (Lipinski definition) is 3. The third-order valence-corrected chi connectivity index (χ3v) is 2.11. The van der Waals surface area contributed by atoms with Crippen LogP contribution in [0.5, 0.6) is 0 Å². The molecule has 2 heterocycles. The molecule has 0 unspecified atom stereocenters. The molecular formula is C11H14N4. The maximum absolute atomic E-state index is 4.40. The zero-order chi connectivity index (χ0) is 10.7. The van der Waals surface area contributed by atoms with Gasteiger partial charge in [0.15, 0.2) is 0 Å². The summed E-state index contributed by atoms with van der Waals surface area (Å²) in [5.74, 6) is 0.876. The highest BCUT2D eigenvalue weighted by molar-refractivity contribution is 5.32. The molecule has 4 nitrogen and oxygen atoms in total. The predicted molar refractivity (Wildman–Crippen MR) is 59.5 cm³/mol. The molecule has 0 bridgehead atoms. The van der Waals surface area contributed by atoms with Crippen molar-refractivity contribution in [3.8, 4) is 0 Å². The largest absolute Gasteiger partial charge is 0.363 e. The molecule has 0 atom stereocenters. The van der Waals surface area contributed by atoms with Gasteiger partial charge >= 0.3 is 0 Å². The van der Waals surface area contributed by atoms with Gasteiger partial charge in [-0.1, -0.05) is 6.07 Å². The van der Waals surface area contributed by atoms with E-state index in [-0.39, 0.29) is 0 Å². The Morgan fingerprint density at radius 3 is 2.87 bits per heavy atom. The minimum absolute atomic E-state index is 0.707. The molecule has 1 N–H and O–H groups in total. The summed E-state index contributed by atoms with van der Waals surface area (Å²) in [5, 5.41) is 7.44. The molecule has 0 amide bonds. The maximum Gasteiger partial charge on any atom is 0.148 e. The lowest BCUT2D eigenvalue weighted by atomic mass is 10.3. The average molecular weight is 202 g/mol. The summed E-state index contributed by atoms with van der Waals surface area (Å²) in [4.78, 5) is 4.40. The second-order valence-electron chi connectivity index (χ2n) is 3.50. The highest BCUT2D eigenvalue weighted by atomic mass is 15.3. The van der Waals surface area contributed by atoms with Crippen molar-refractivity contribution < 1.29 is 0 Å². The summed E-state index contributed by atoms with van der Waals surface area (Å²) >= 11 is 0. The van der Waals surface area contributed by atoms with E-state index in [0.29, 0.717) is 6.54 Å². The van der Waals surface area contributed by atoms with Crippen molar-refractivity contribution in [2.45, 2.75) is 13.5 Å². The fourth-order valence-corrected chi connectivity index (χ4v) is 1.39. The summed E-state index contributed by atoms with van der Waals surface area (Å²) in [6.07, 6.45) is 1.91. The summed E-state index contributed by atoms with van der Waals surface area (Å²) in [6, 6.07) is 7.95. The van der Waals surface area contributed by atoms with Crippen LogP contribution < -0.4 is 5.32 Å². The van der Waals surface area contributed by atoms with E-state index in [2.05, 4.69) is 15.4 Å². The summed E-state index contributed by atoms with van der Waals surface area (Å²) in [7, 11) is 1.90. The molecule has 0 fully saturated rings. The van der Waals surface area contributed by atoms with Crippen molar-refractivity contribution in [2.24, 2.45) is 7.05 Å². The average Bonchev–Trinajstić information content (AvgIpc) is 2.62. The van der Waals surface area contributed by atoms with Gasteiger partial charge in [0.2, 0.25) is 0 Å². The molecule has 2 rings (SSSR count). The van der Waals surface area contributed by atoms with E-state index in [9.17, 15) is 0 Å². The zero-order valence-electron chi connectivity index (χ0n) is 8.94. The number of anilines is 1. The second kappa shape index (κ2) is 4.13. The standard InChI is InChI=1S/C11H14N4/c1-9-4-3-5-10(13-9)8-12-11-6-7-15(2)14-11/h3-7H,8H2,1-2H3,(H,12,14). The van der Waals surface area contributed by atoms with Crippen molar-refractivity contribution >= 4 is 5.82 Å². The third kappa shape index (κ3) is 2.56. The number of hydrogen-bond donors (Lipinski definition) is 1. The van der Waals surface area contributed by atoms with E-state index in [4.69, 9.17) is 0 Å². The first-order chi connectivity index (χ1) is 7.24. The fraction of sp³-hybridized carbons (Fsp3) is 0.273. The Labute approximate surface area is 89.0 Å². The summed E-state index contributed by atoms with van der Waals surface area (Å²) in [5.41, 5.74) is 2.07. The third-order valence-electron chi connectivity index (χ3n) is 2.11. The van der Waals surface area contributed by atoms with Crippen LogP contribution >= 0.6 is 0 Å². The molecule has 0 aromatic carbocycles. The molecule has 0 saturated carbocycles. The molecule has 15 heavy (non-hydrogen) atoms. The molecule has 2 aromatic heterocycles. The molecule has 2 aromatic rings. The minimum atomic E-state index is 0.707. The molecular weight excluding hydrogens is 188 g/mol. The Balaban J connectivity index is 1.99. The molecule has 0 aliphatic heterocycles.